The second kappa shape index (κ2) is 13.1. The lowest BCUT2D eigenvalue weighted by Crippen LogP contribution is -2.02. The lowest BCUT2D eigenvalue weighted by atomic mass is 10.1. The molecule has 4 aromatic heterocycles. The van der Waals surface area contributed by atoms with Gasteiger partial charge in [0.05, 0.1) is 44.3 Å². The molecule has 59 heavy (non-hydrogen) atoms. The summed E-state index contributed by atoms with van der Waals surface area (Å²) < 4.78 is 78.4. The van der Waals surface area contributed by atoms with E-state index in [9.17, 15) is 9.37 Å². The summed E-state index contributed by atoms with van der Waals surface area (Å²) in [5.41, 5.74) is 3.91. The second-order valence-electron chi connectivity index (χ2n) is 14.1. The van der Waals surface area contributed by atoms with Crippen LogP contribution in [0.4, 0.5) is 0 Å². The van der Waals surface area contributed by atoms with Gasteiger partial charge in [0.1, 0.15) is 6.07 Å². The quantitative estimate of drug-likeness (QED) is 0.174. The minimum atomic E-state index is -0.593. The first-order chi connectivity index (χ1) is 32.5. The maximum Gasteiger partial charge on any atom is 0.164 e. The summed E-state index contributed by atoms with van der Waals surface area (Å²) in [4.78, 5) is 14.2. The average Bonchev–Trinajstić information content (AvgIpc) is 4.01. The van der Waals surface area contributed by atoms with Gasteiger partial charge in [0, 0.05) is 64.1 Å². The molecule has 0 aliphatic heterocycles. The normalized spacial score (nSPS) is 13.6. The highest BCUT2D eigenvalue weighted by Gasteiger charge is 2.23. The van der Waals surface area contributed by atoms with Crippen LogP contribution in [0.2, 0.25) is 0 Å². The number of fused-ring (bicyclic) bond motifs is 10. The highest BCUT2D eigenvalue weighted by molar-refractivity contribution is 7.25. The molecule has 0 aliphatic rings. The molecule has 0 saturated heterocycles. The van der Waals surface area contributed by atoms with E-state index in [1.54, 1.807) is 11.3 Å². The number of hydrogen-bond acceptors (Lipinski definition) is 5. The first kappa shape index (κ1) is 26.1. The Hall–Kier alpha value is -7.92. The van der Waals surface area contributed by atoms with Crippen LogP contribution in [0.25, 0.3) is 109 Å². The molecule has 274 valence electrons. The van der Waals surface area contributed by atoms with Crippen molar-refractivity contribution in [2.75, 3.05) is 0 Å². The van der Waals surface area contributed by atoms with Gasteiger partial charge in [0.15, 0.2) is 17.5 Å². The summed E-state index contributed by atoms with van der Waals surface area (Å²) in [6.07, 6.45) is 0. The Bertz CT molecular complexity index is 4140. The van der Waals surface area contributed by atoms with Crippen molar-refractivity contribution in [2.45, 2.75) is 0 Å². The van der Waals surface area contributed by atoms with Crippen molar-refractivity contribution in [2.24, 2.45) is 0 Å². The zero-order chi connectivity index (χ0) is 46.0. The van der Waals surface area contributed by atoms with Crippen LogP contribution in [0.1, 0.15) is 16.5 Å². The van der Waals surface area contributed by atoms with E-state index in [4.69, 9.17) is 16.8 Å². The number of nitriles is 1. The minimum Gasteiger partial charge on any atom is -0.309 e. The van der Waals surface area contributed by atoms with Crippen molar-refractivity contribution in [1.29, 1.82) is 5.26 Å². The predicted octanol–water partition coefficient (Wildman–Crippen LogP) is 13.3. The smallest absolute Gasteiger partial charge is 0.164 e. The molecule has 8 aromatic carbocycles. The van der Waals surface area contributed by atoms with Crippen molar-refractivity contribution in [1.82, 2.24) is 24.1 Å². The fourth-order valence-electron chi connectivity index (χ4n) is 8.31. The molecule has 0 unspecified atom stereocenters. The number of para-hydroxylation sites is 3. The van der Waals surface area contributed by atoms with Crippen molar-refractivity contribution < 1.29 is 11.0 Å². The summed E-state index contributed by atoms with van der Waals surface area (Å²) in [6.45, 7) is 0. The minimum absolute atomic E-state index is 0.0337. The van der Waals surface area contributed by atoms with Crippen molar-refractivity contribution in [3.8, 4) is 51.6 Å². The maximum absolute atomic E-state index is 11.2. The van der Waals surface area contributed by atoms with Gasteiger partial charge in [0.25, 0.3) is 0 Å². The van der Waals surface area contributed by atoms with E-state index >= 15 is 0 Å². The molecule has 12 rings (SSSR count). The van der Waals surface area contributed by atoms with E-state index in [-0.39, 0.29) is 45.9 Å². The molecule has 4 heterocycles. The third kappa shape index (κ3) is 5.14. The number of rotatable bonds is 5. The summed E-state index contributed by atoms with van der Waals surface area (Å²) in [5, 5.41) is 16.6. The van der Waals surface area contributed by atoms with Gasteiger partial charge in [-0.05, 0) is 72.7 Å². The van der Waals surface area contributed by atoms with Crippen LogP contribution in [0.15, 0.2) is 182 Å². The van der Waals surface area contributed by atoms with E-state index < -0.39 is 42.3 Å². The van der Waals surface area contributed by atoms with Gasteiger partial charge in [0.2, 0.25) is 0 Å². The highest BCUT2D eigenvalue weighted by Crippen LogP contribution is 2.43. The van der Waals surface area contributed by atoms with Gasteiger partial charge in [-0.1, -0.05) is 109 Å². The molecule has 0 atom stereocenters. The lowest BCUT2D eigenvalue weighted by Gasteiger charge is -2.13. The van der Waals surface area contributed by atoms with E-state index in [2.05, 4.69) is 27.8 Å². The third-order valence-electron chi connectivity index (χ3n) is 10.8. The first-order valence-corrected chi connectivity index (χ1v) is 19.7. The van der Waals surface area contributed by atoms with E-state index in [1.807, 2.05) is 126 Å². The molecule has 12 aromatic rings. The zero-order valence-electron chi connectivity index (χ0n) is 38.8. The van der Waals surface area contributed by atoms with Gasteiger partial charge < -0.3 is 9.13 Å². The second-order valence-corrected chi connectivity index (χ2v) is 15.2. The number of hydrogen-bond donors (Lipinski definition) is 0. The molecule has 0 bridgehead atoms. The molecule has 6 nitrogen and oxygen atoms in total. The molecule has 0 amide bonds. The molecular weight excluding hydrogens is 741 g/mol. The highest BCUT2D eigenvalue weighted by atomic mass is 32.1. The zero-order valence-corrected chi connectivity index (χ0v) is 31.6. The molecule has 0 spiro atoms. The molecule has 0 saturated carbocycles. The van der Waals surface area contributed by atoms with Crippen LogP contribution in [0.3, 0.4) is 0 Å². The Morgan fingerprint density at radius 3 is 1.97 bits per heavy atom. The van der Waals surface area contributed by atoms with E-state index in [0.717, 1.165) is 58.4 Å². The van der Waals surface area contributed by atoms with Gasteiger partial charge in [-0.25, -0.2) is 15.0 Å². The lowest BCUT2D eigenvalue weighted by molar-refractivity contribution is 1.07. The summed E-state index contributed by atoms with van der Waals surface area (Å²) in [7, 11) is 0. The van der Waals surface area contributed by atoms with Crippen LogP contribution < -0.4 is 0 Å². The summed E-state index contributed by atoms with van der Waals surface area (Å²) in [5.74, 6) is -0.527. The largest absolute Gasteiger partial charge is 0.309 e. The van der Waals surface area contributed by atoms with Gasteiger partial charge in [-0.15, -0.1) is 11.3 Å². The van der Waals surface area contributed by atoms with Gasteiger partial charge in [-0.2, -0.15) is 5.26 Å². The number of aromatic nitrogens is 5. The molecule has 0 aliphatic carbocycles. The number of benzene rings is 8. The maximum atomic E-state index is 11.2. The van der Waals surface area contributed by atoms with Crippen molar-refractivity contribution in [3.63, 3.8) is 0 Å². The third-order valence-corrected chi connectivity index (χ3v) is 12.0. The van der Waals surface area contributed by atoms with E-state index in [0.29, 0.717) is 16.6 Å². The van der Waals surface area contributed by atoms with Gasteiger partial charge in [-0.3, -0.25) is 0 Å². The predicted molar refractivity (Wildman–Crippen MR) is 242 cm³/mol. The molecule has 0 N–H and O–H groups in total. The SMILES string of the molecule is [2H]c1c([2H])c([2H])c(-c2nc(-c3ccc4sc5ccccc5c4c3)nc(-c3c([2H])c([2H])c(-n4c5ccccc5c5ccc6c(c7ccccc7n6-c6ccccc6)c54)c(C#N)c3[2H])n2)c([2H])c1[2H]. The fourth-order valence-corrected chi connectivity index (χ4v) is 9.40. The van der Waals surface area contributed by atoms with Crippen LogP contribution >= 0.6 is 11.3 Å². The van der Waals surface area contributed by atoms with Crippen molar-refractivity contribution in [3.05, 3.63) is 187 Å². The molecule has 0 fully saturated rings. The van der Waals surface area contributed by atoms with E-state index in [1.165, 1.54) is 0 Å². The Balaban J connectivity index is 1.16. The summed E-state index contributed by atoms with van der Waals surface area (Å²) in [6, 6.07) is 41.6. The Kier molecular flexibility index (Phi) is 5.78. The Morgan fingerprint density at radius 1 is 0.508 bits per heavy atom. The van der Waals surface area contributed by atoms with Crippen LogP contribution in [-0.2, 0) is 0 Å². The van der Waals surface area contributed by atoms with Gasteiger partial charge >= 0.3 is 0 Å². The monoisotopic (exact) mass is 778 g/mol. The average molecular weight is 779 g/mol. The molecular formula is C52H30N6S. The summed E-state index contributed by atoms with van der Waals surface area (Å²) >= 11 is 1.62. The molecule has 0 radical (unpaired) electrons. The van der Waals surface area contributed by atoms with Crippen LogP contribution in [-0.4, -0.2) is 24.1 Å². The standard InChI is InChI=1S/C52H30N6S/c53-31-35-29-33(51-54-50(32-13-3-1-4-14-32)55-52(56-51)34-24-28-47-41(30-34)38-18-9-12-22-46(38)59-47)23-26-42(35)58-43-20-10-7-17-37(43)39-25-27-45-48(49(39)58)40-19-8-11-21-44(40)57(45)36-15-5-2-6-16-36/h1-30H/i1D,3D,4D,13D,14D,23D,26D,29D. The first-order valence-electron chi connectivity index (χ1n) is 22.9. The van der Waals surface area contributed by atoms with Crippen LogP contribution in [0.5, 0.6) is 0 Å². The van der Waals surface area contributed by atoms with Crippen molar-refractivity contribution >= 4 is 75.1 Å². The number of thiophene rings is 1. The topological polar surface area (TPSA) is 72.3 Å². The Morgan fingerprint density at radius 2 is 1.17 bits per heavy atom. The fraction of sp³-hybridized carbons (Fsp3) is 0. The number of nitrogens with zero attached hydrogens (tertiary/aromatic N) is 6. The Labute approximate surface area is 353 Å². The molecule has 7 heteroatoms. The van der Waals surface area contributed by atoms with Crippen LogP contribution in [0, 0.1) is 11.3 Å².